The van der Waals surface area contributed by atoms with E-state index < -0.39 is 18.1 Å². The SMILES string of the molecule is O=S([O-])([O-])=S.O=S([O-])([O-])=S.[Co+2].[N].[N].[N].[N].[N].[N].[Na+].[Na+]. The van der Waals surface area contributed by atoms with Gasteiger partial charge in [-0.3, -0.25) is 8.42 Å². The standard InChI is InChI=1S/Co.6N.2Na.2H2O3S2/c;;;;;;;;;2*1-5(2,3)4/h;;;;;;;;;2*(H2,1,2,3,4)/q+2;;;;;;;2*+1;;/p-4. The number of rotatable bonds is 0. The molecule has 0 heterocycles. The monoisotopic (exact) mass is 413 g/mol. The Morgan fingerprint density at radius 3 is 0.579 bits per heavy atom. The fourth-order valence-electron chi connectivity index (χ4n) is 0. The molecule has 19 heavy (non-hydrogen) atoms. The predicted molar refractivity (Wildman–Crippen MR) is 46.9 cm³/mol. The Hall–Kier alpha value is 2.85. The molecular weight excluding hydrogens is 413 g/mol. The molecule has 0 rings (SSSR count). The molecule has 0 bridgehead atoms. The average molecular weight is 413 g/mol. The van der Waals surface area contributed by atoms with Crippen LogP contribution in [0.3, 0.4) is 0 Å². The van der Waals surface area contributed by atoms with Crippen molar-refractivity contribution in [1.29, 1.82) is 0 Å². The molecule has 0 amide bonds. The Labute approximate surface area is 177 Å². The van der Waals surface area contributed by atoms with Crippen LogP contribution in [-0.2, 0) is 57.3 Å². The molecule has 12 nitrogen and oxygen atoms in total. The summed E-state index contributed by atoms with van der Waals surface area (Å²) in [4.78, 5) is 0. The van der Waals surface area contributed by atoms with Gasteiger partial charge in [-0.1, -0.05) is 0 Å². The Balaban J connectivity index is -0.00000000508. The number of hydrogen-bond donors (Lipinski definition) is 0. The molecule has 0 atom stereocenters. The average Bonchev–Trinajstić information content (AvgIpc) is 1.12. The van der Waals surface area contributed by atoms with Crippen LogP contribution in [0, 0.1) is 0 Å². The van der Waals surface area contributed by atoms with Gasteiger partial charge in [-0.15, -0.1) is 18.1 Å². The third kappa shape index (κ3) is 914. The maximum atomic E-state index is 8.89. The van der Waals surface area contributed by atoms with Gasteiger partial charge >= 0.3 is 75.9 Å². The van der Waals surface area contributed by atoms with Crippen molar-refractivity contribution in [1.82, 2.24) is 36.9 Å². The summed E-state index contributed by atoms with van der Waals surface area (Å²) in [7, 11) is -8.67. The van der Waals surface area contributed by atoms with Gasteiger partial charge in [-0.05, 0) is 22.4 Å². The van der Waals surface area contributed by atoms with Crippen molar-refractivity contribution in [3.8, 4) is 0 Å². The fraction of sp³-hybridized carbons (Fsp3) is 0. The Morgan fingerprint density at radius 2 is 0.579 bits per heavy atom. The first kappa shape index (κ1) is 80.7. The first-order chi connectivity index (χ1) is 4.00. The molecule has 0 aliphatic rings. The first-order valence-electron chi connectivity index (χ1n) is 1.33. The van der Waals surface area contributed by atoms with Gasteiger partial charge in [0.05, 0.1) is 0 Å². The van der Waals surface area contributed by atoms with Crippen molar-refractivity contribution in [2.45, 2.75) is 0 Å². The first-order valence-corrected chi connectivity index (χ1v) is 6.00. The molecule has 0 fully saturated rings. The summed E-state index contributed by atoms with van der Waals surface area (Å²) in [6.45, 7) is 0. The summed E-state index contributed by atoms with van der Waals surface area (Å²) < 4.78 is 53.3. The Morgan fingerprint density at radius 1 is 0.579 bits per heavy atom. The second kappa shape index (κ2) is 37.3. The van der Waals surface area contributed by atoms with E-state index in [1.807, 2.05) is 0 Å². The smallest absolute Gasteiger partial charge is 0.780 e. The quantitative estimate of drug-likeness (QED) is 0.342. The van der Waals surface area contributed by atoms with E-state index in [2.05, 4.69) is 22.4 Å². The van der Waals surface area contributed by atoms with Crippen molar-refractivity contribution < 1.29 is 103 Å². The zero-order valence-electron chi connectivity index (χ0n) is 9.10. The minimum Gasteiger partial charge on any atom is -0.780 e. The molecular formula is CoN6Na2O6S4. The third-order valence-electron chi connectivity index (χ3n) is 0. The molecule has 0 spiro atoms. The second-order valence-electron chi connectivity index (χ2n) is 0.816. The van der Waals surface area contributed by atoms with Crippen LogP contribution in [0.4, 0.5) is 0 Å². The van der Waals surface area contributed by atoms with Gasteiger partial charge < -0.3 is 18.2 Å². The molecule has 0 unspecified atom stereocenters. The summed E-state index contributed by atoms with van der Waals surface area (Å²) in [6, 6.07) is 0. The van der Waals surface area contributed by atoms with Gasteiger partial charge in [-0.2, -0.15) is 0 Å². The molecule has 0 aromatic heterocycles. The molecule has 0 aliphatic heterocycles. The summed E-state index contributed by atoms with van der Waals surface area (Å²) in [5.41, 5.74) is 0. The molecule has 0 aromatic rings. The van der Waals surface area contributed by atoms with Crippen LogP contribution < -0.4 is 96.0 Å². The molecule has 0 saturated carbocycles. The molecule has 0 aromatic carbocycles. The van der Waals surface area contributed by atoms with Gasteiger partial charge in [0, 0.05) is 36.9 Å². The van der Waals surface area contributed by atoms with Crippen molar-refractivity contribution >= 4 is 40.5 Å². The minimum atomic E-state index is -4.33. The summed E-state index contributed by atoms with van der Waals surface area (Å²) >= 11 is 6.49. The van der Waals surface area contributed by atoms with Crippen LogP contribution in [0.25, 0.3) is 0 Å². The van der Waals surface area contributed by atoms with Gasteiger partial charge in [0.25, 0.3) is 0 Å². The Bertz CT molecular complexity index is 236. The van der Waals surface area contributed by atoms with E-state index in [9.17, 15) is 0 Å². The molecule has 0 saturated heterocycles. The maximum absolute atomic E-state index is 8.89. The summed E-state index contributed by atoms with van der Waals surface area (Å²) in [5.74, 6) is 0. The zero-order valence-corrected chi connectivity index (χ0v) is 17.4. The molecule has 0 N–H and O–H groups in total. The third-order valence-corrected chi connectivity index (χ3v) is 0. The van der Waals surface area contributed by atoms with E-state index in [1.54, 1.807) is 0 Å². The van der Waals surface area contributed by atoms with E-state index in [-0.39, 0.29) is 113 Å². The zero-order chi connectivity index (χ0) is 9.00. The molecule has 19 heteroatoms. The van der Waals surface area contributed by atoms with Crippen LogP contribution >= 0.6 is 0 Å². The van der Waals surface area contributed by atoms with E-state index in [4.69, 9.17) is 26.6 Å². The normalized spacial score (nSPS) is 6.11. The van der Waals surface area contributed by atoms with E-state index in [1.165, 1.54) is 0 Å². The predicted octanol–water partition coefficient (Wildman–Crippen LogP) is -10.9. The van der Waals surface area contributed by atoms with Crippen molar-refractivity contribution in [2.24, 2.45) is 0 Å². The second-order valence-corrected chi connectivity index (χ2v) is 4.90. The molecule has 19 radical (unpaired) electrons. The largest absolute Gasteiger partial charge is 2.00 e. The van der Waals surface area contributed by atoms with Gasteiger partial charge in [-0.25, -0.2) is 0 Å². The van der Waals surface area contributed by atoms with Gasteiger partial charge in [0.15, 0.2) is 0 Å². The van der Waals surface area contributed by atoms with Gasteiger partial charge in [0.2, 0.25) is 0 Å². The van der Waals surface area contributed by atoms with Crippen LogP contribution in [0.15, 0.2) is 0 Å². The van der Waals surface area contributed by atoms with Crippen LogP contribution in [0.5, 0.6) is 0 Å². The van der Waals surface area contributed by atoms with Crippen molar-refractivity contribution in [2.75, 3.05) is 0 Å². The van der Waals surface area contributed by atoms with Crippen LogP contribution in [0.1, 0.15) is 0 Å². The summed E-state index contributed by atoms with van der Waals surface area (Å²) in [6.07, 6.45) is 0. The van der Waals surface area contributed by atoms with E-state index in [0.29, 0.717) is 0 Å². The van der Waals surface area contributed by atoms with E-state index >= 15 is 0 Å². The maximum Gasteiger partial charge on any atom is 2.00 e. The minimum absolute atomic E-state index is 0. The van der Waals surface area contributed by atoms with Crippen LogP contribution in [-0.4, -0.2) is 26.6 Å². The topological polar surface area (TPSA) is 309 Å². The number of hydrogen-bond acceptors (Lipinski definition) is 8. The summed E-state index contributed by atoms with van der Waals surface area (Å²) in [5, 5.41) is 0. The van der Waals surface area contributed by atoms with Crippen molar-refractivity contribution in [3.63, 3.8) is 0 Å². The Kier molecular flexibility index (Phi) is 158. The van der Waals surface area contributed by atoms with E-state index in [0.717, 1.165) is 0 Å². The molecule has 101 valence electrons. The van der Waals surface area contributed by atoms with Crippen LogP contribution in [0.2, 0.25) is 0 Å². The van der Waals surface area contributed by atoms with Gasteiger partial charge in [0.1, 0.15) is 0 Å². The number of nitrogens with zero attached hydrogens (tertiary/aromatic N) is 6. The van der Waals surface area contributed by atoms with Crippen molar-refractivity contribution in [3.05, 3.63) is 0 Å². The molecule has 0 aliphatic carbocycles. The fourth-order valence-corrected chi connectivity index (χ4v) is 0.